The van der Waals surface area contributed by atoms with E-state index in [4.69, 9.17) is 16.3 Å². The fourth-order valence-corrected chi connectivity index (χ4v) is 4.77. The third kappa shape index (κ3) is 7.11. The van der Waals surface area contributed by atoms with Crippen LogP contribution in [-0.2, 0) is 22.6 Å². The van der Waals surface area contributed by atoms with Crippen LogP contribution in [0.15, 0.2) is 78.9 Å². The maximum Gasteiger partial charge on any atom is 0.261 e. The maximum atomic E-state index is 13.7. The maximum absolute atomic E-state index is 13.7. The molecule has 0 bridgehead atoms. The molecule has 1 saturated carbocycles. The van der Waals surface area contributed by atoms with E-state index in [1.54, 1.807) is 17.0 Å². The molecule has 1 aliphatic rings. The zero-order valence-corrected chi connectivity index (χ0v) is 21.4. The number of hydrogen-bond donors (Lipinski definition) is 1. The van der Waals surface area contributed by atoms with E-state index in [1.165, 1.54) is 0 Å². The molecule has 1 atom stereocenters. The lowest BCUT2D eigenvalue weighted by Crippen LogP contribution is -2.53. The number of nitrogens with zero attached hydrogens (tertiary/aromatic N) is 1. The van der Waals surface area contributed by atoms with Crippen LogP contribution < -0.4 is 10.1 Å². The van der Waals surface area contributed by atoms with Gasteiger partial charge in [0, 0.05) is 24.0 Å². The van der Waals surface area contributed by atoms with Crippen molar-refractivity contribution in [2.75, 3.05) is 6.61 Å². The van der Waals surface area contributed by atoms with Crippen molar-refractivity contribution in [3.8, 4) is 5.75 Å². The van der Waals surface area contributed by atoms with Crippen molar-refractivity contribution in [3.63, 3.8) is 0 Å². The summed E-state index contributed by atoms with van der Waals surface area (Å²) < 4.78 is 5.91. The number of amides is 2. The van der Waals surface area contributed by atoms with E-state index in [-0.39, 0.29) is 31.0 Å². The molecule has 4 rings (SSSR count). The number of hydrogen-bond acceptors (Lipinski definition) is 3. The molecule has 3 aromatic rings. The first-order chi connectivity index (χ1) is 17.5. The molecular weight excluding hydrogens is 472 g/mol. The largest absolute Gasteiger partial charge is 0.484 e. The molecule has 0 aromatic heterocycles. The number of halogens is 1. The Morgan fingerprint density at radius 1 is 0.944 bits per heavy atom. The molecule has 0 radical (unpaired) electrons. The second-order valence-corrected chi connectivity index (χ2v) is 9.83. The predicted octanol–water partition coefficient (Wildman–Crippen LogP) is 5.73. The van der Waals surface area contributed by atoms with Crippen LogP contribution >= 0.6 is 11.6 Å². The molecule has 3 aromatic carbocycles. The predicted molar refractivity (Wildman–Crippen MR) is 143 cm³/mol. The van der Waals surface area contributed by atoms with Crippen molar-refractivity contribution >= 4 is 23.4 Å². The van der Waals surface area contributed by atoms with E-state index >= 15 is 0 Å². The third-order valence-electron chi connectivity index (χ3n) is 6.68. The van der Waals surface area contributed by atoms with Gasteiger partial charge < -0.3 is 15.0 Å². The summed E-state index contributed by atoms with van der Waals surface area (Å²) in [5, 5.41) is 3.84. The van der Waals surface area contributed by atoms with Crippen molar-refractivity contribution in [2.24, 2.45) is 0 Å². The molecule has 1 fully saturated rings. The topological polar surface area (TPSA) is 58.6 Å². The molecule has 6 heteroatoms. The van der Waals surface area contributed by atoms with Crippen molar-refractivity contribution in [1.29, 1.82) is 0 Å². The zero-order chi connectivity index (χ0) is 25.3. The number of ether oxygens (including phenoxy) is 1. The first kappa shape index (κ1) is 25.8. The Labute approximate surface area is 218 Å². The first-order valence-corrected chi connectivity index (χ1v) is 12.9. The Morgan fingerprint density at radius 2 is 1.61 bits per heavy atom. The summed E-state index contributed by atoms with van der Waals surface area (Å²) in [6.07, 6.45) is 4.61. The molecule has 188 valence electrons. The molecule has 0 spiro atoms. The van der Waals surface area contributed by atoms with Crippen molar-refractivity contribution < 1.29 is 14.3 Å². The van der Waals surface area contributed by atoms with Crippen LogP contribution in [-0.4, -0.2) is 35.4 Å². The monoisotopic (exact) mass is 504 g/mol. The minimum atomic E-state index is -0.670. The quantitative estimate of drug-likeness (QED) is 0.384. The van der Waals surface area contributed by atoms with Crippen molar-refractivity contribution in [1.82, 2.24) is 10.2 Å². The van der Waals surface area contributed by atoms with Crippen LogP contribution in [0.5, 0.6) is 5.75 Å². The number of nitrogens with one attached hydrogen (secondary N) is 1. The molecule has 0 unspecified atom stereocenters. The normalized spacial score (nSPS) is 14.3. The summed E-state index contributed by atoms with van der Waals surface area (Å²) in [5.74, 6) is 0.298. The summed E-state index contributed by atoms with van der Waals surface area (Å²) in [7, 11) is 0. The Hall–Kier alpha value is -3.31. The van der Waals surface area contributed by atoms with Crippen molar-refractivity contribution in [3.05, 3.63) is 101 Å². The summed E-state index contributed by atoms with van der Waals surface area (Å²) in [6, 6.07) is 24.3. The lowest BCUT2D eigenvalue weighted by atomic mass is 10.0. The summed E-state index contributed by atoms with van der Waals surface area (Å²) in [6.45, 7) is 2.07. The van der Waals surface area contributed by atoms with E-state index in [1.807, 2.05) is 73.7 Å². The first-order valence-electron chi connectivity index (χ1n) is 12.6. The fourth-order valence-electron chi connectivity index (χ4n) is 4.65. The SMILES string of the molecule is Cc1ccccc1OCC(=O)N(Cc1ccc(Cl)cc1)[C@@H](Cc1ccccc1)C(=O)NC1CCCC1. The average molecular weight is 505 g/mol. The van der Waals surface area contributed by atoms with Gasteiger partial charge in [-0.15, -0.1) is 0 Å². The fraction of sp³-hybridized carbons (Fsp3) is 0.333. The Morgan fingerprint density at radius 3 is 2.31 bits per heavy atom. The number of aryl methyl sites for hydroxylation is 1. The number of rotatable bonds is 10. The van der Waals surface area contributed by atoms with Gasteiger partial charge in [0.15, 0.2) is 6.61 Å². The summed E-state index contributed by atoms with van der Waals surface area (Å²) in [5.41, 5.74) is 2.85. The van der Waals surface area contributed by atoms with E-state index in [2.05, 4.69) is 5.32 Å². The van der Waals surface area contributed by atoms with E-state index < -0.39 is 6.04 Å². The highest BCUT2D eigenvalue weighted by atomic mass is 35.5. The van der Waals surface area contributed by atoms with Crippen LogP contribution in [0, 0.1) is 6.92 Å². The van der Waals surface area contributed by atoms with Crippen LogP contribution in [0.2, 0.25) is 5.02 Å². The minimum Gasteiger partial charge on any atom is -0.484 e. The molecule has 1 N–H and O–H groups in total. The molecule has 36 heavy (non-hydrogen) atoms. The average Bonchev–Trinajstić information content (AvgIpc) is 3.40. The van der Waals surface area contributed by atoms with Crippen LogP contribution in [0.4, 0.5) is 0 Å². The number of benzene rings is 3. The molecule has 1 aliphatic carbocycles. The summed E-state index contributed by atoms with van der Waals surface area (Å²) >= 11 is 6.09. The second-order valence-electron chi connectivity index (χ2n) is 9.40. The molecule has 0 heterocycles. The van der Waals surface area contributed by atoms with E-state index in [0.29, 0.717) is 17.2 Å². The van der Waals surface area contributed by atoms with Crippen LogP contribution in [0.1, 0.15) is 42.4 Å². The Bertz CT molecular complexity index is 1140. The smallest absolute Gasteiger partial charge is 0.261 e. The Kier molecular flexibility index (Phi) is 9.01. The Balaban J connectivity index is 1.61. The number of para-hydroxylation sites is 1. The highest BCUT2D eigenvalue weighted by Crippen LogP contribution is 2.21. The standard InChI is InChI=1S/C30H33ClN2O3/c1-22-9-5-8-14-28(22)36-21-29(34)33(20-24-15-17-25(31)18-16-24)27(19-23-10-3-2-4-11-23)30(35)32-26-12-6-7-13-26/h2-5,8-11,14-18,26-27H,6-7,12-13,19-21H2,1H3,(H,32,35)/t27-/m0/s1. The van der Waals surface area contributed by atoms with Crippen molar-refractivity contribution in [2.45, 2.75) is 57.7 Å². The van der Waals surface area contributed by atoms with Gasteiger partial charge in [0.25, 0.3) is 5.91 Å². The highest BCUT2D eigenvalue weighted by Gasteiger charge is 2.32. The van der Waals surface area contributed by atoms with Gasteiger partial charge in [-0.1, -0.05) is 85.1 Å². The van der Waals surface area contributed by atoms with E-state index in [9.17, 15) is 9.59 Å². The number of carbonyl (C=O) groups is 2. The van der Waals surface area contributed by atoms with Gasteiger partial charge in [-0.25, -0.2) is 0 Å². The summed E-state index contributed by atoms with van der Waals surface area (Å²) in [4.78, 5) is 29.0. The molecular formula is C30H33ClN2O3. The van der Waals surface area contributed by atoms with Gasteiger partial charge in [-0.2, -0.15) is 0 Å². The van der Waals surface area contributed by atoms with Gasteiger partial charge >= 0.3 is 0 Å². The third-order valence-corrected chi connectivity index (χ3v) is 6.94. The molecule has 0 aliphatic heterocycles. The molecule has 2 amide bonds. The van der Waals surface area contributed by atoms with Gasteiger partial charge in [0.1, 0.15) is 11.8 Å². The second kappa shape index (κ2) is 12.6. The van der Waals surface area contributed by atoms with Gasteiger partial charge in [-0.3, -0.25) is 9.59 Å². The van der Waals surface area contributed by atoms with Gasteiger partial charge in [0.2, 0.25) is 5.91 Å². The lowest BCUT2D eigenvalue weighted by molar-refractivity contribution is -0.143. The molecule has 5 nitrogen and oxygen atoms in total. The molecule has 0 saturated heterocycles. The lowest BCUT2D eigenvalue weighted by Gasteiger charge is -2.32. The van der Waals surface area contributed by atoms with E-state index in [0.717, 1.165) is 42.4 Å². The highest BCUT2D eigenvalue weighted by molar-refractivity contribution is 6.30. The van der Waals surface area contributed by atoms with Gasteiger partial charge in [-0.05, 0) is 54.7 Å². The number of carbonyl (C=O) groups excluding carboxylic acids is 2. The van der Waals surface area contributed by atoms with Crippen LogP contribution in [0.25, 0.3) is 0 Å². The minimum absolute atomic E-state index is 0.121. The van der Waals surface area contributed by atoms with Crippen LogP contribution in [0.3, 0.4) is 0 Å². The van der Waals surface area contributed by atoms with Gasteiger partial charge in [0.05, 0.1) is 0 Å². The zero-order valence-electron chi connectivity index (χ0n) is 20.7.